The molecule has 18 heavy (non-hydrogen) atoms. The smallest absolute Gasteiger partial charge is 0.293 e. The molecule has 0 spiro atoms. The molecule has 2 atom stereocenters. The first kappa shape index (κ1) is 11.9. The Hall–Kier alpha value is -1.13. The first-order valence-corrected chi connectivity index (χ1v) is 6.34. The zero-order valence-electron chi connectivity index (χ0n) is 11.5. The van der Waals surface area contributed by atoms with Crippen LogP contribution in [0.1, 0.15) is 44.4 Å². The Bertz CT molecular complexity index is 511. The fourth-order valence-electron chi connectivity index (χ4n) is 2.99. The highest BCUT2D eigenvalue weighted by Crippen LogP contribution is 2.68. The van der Waals surface area contributed by atoms with E-state index in [2.05, 4.69) is 5.10 Å². The molecule has 0 bridgehead atoms. The number of fused-ring (bicyclic) bond motifs is 3. The topological polar surface area (TPSA) is 21.1 Å². The molecule has 3 nitrogen and oxygen atoms in total. The maximum absolute atomic E-state index is 14.4. The van der Waals surface area contributed by atoms with Gasteiger partial charge in [-0.2, -0.15) is 13.9 Å². The van der Waals surface area contributed by atoms with E-state index in [9.17, 15) is 8.78 Å². The van der Waals surface area contributed by atoms with Crippen LogP contribution < -0.4 is 4.90 Å². The summed E-state index contributed by atoms with van der Waals surface area (Å²) in [7, 11) is 3.73. The molecule has 5 heteroatoms. The number of hydrogen-bond acceptors (Lipinski definition) is 2. The molecule has 0 radical (unpaired) electrons. The second-order valence-corrected chi connectivity index (χ2v) is 6.63. The highest BCUT2D eigenvalue weighted by Gasteiger charge is 2.67. The van der Waals surface area contributed by atoms with Crippen LogP contribution in [0.4, 0.5) is 14.6 Å². The normalized spacial score (nSPS) is 27.9. The summed E-state index contributed by atoms with van der Waals surface area (Å²) in [6, 6.07) is 0. The fraction of sp³-hybridized carbons (Fsp3) is 0.769. The Morgan fingerprint density at radius 2 is 1.94 bits per heavy atom. The minimum atomic E-state index is -2.71. The van der Waals surface area contributed by atoms with Crippen LogP contribution in [0.15, 0.2) is 0 Å². The van der Waals surface area contributed by atoms with Crippen molar-refractivity contribution in [1.29, 1.82) is 0 Å². The quantitative estimate of drug-likeness (QED) is 0.769. The van der Waals surface area contributed by atoms with Crippen LogP contribution >= 0.6 is 0 Å². The van der Waals surface area contributed by atoms with Crippen molar-refractivity contribution < 1.29 is 8.78 Å². The molecular formula is C13H19F2N3. The van der Waals surface area contributed by atoms with E-state index in [0.29, 0.717) is 12.2 Å². The predicted molar refractivity (Wildman–Crippen MR) is 66.3 cm³/mol. The van der Waals surface area contributed by atoms with Crippen molar-refractivity contribution in [2.75, 3.05) is 19.0 Å². The van der Waals surface area contributed by atoms with Gasteiger partial charge in [-0.15, -0.1) is 0 Å². The van der Waals surface area contributed by atoms with Gasteiger partial charge in [0.1, 0.15) is 5.69 Å². The molecular weight excluding hydrogens is 236 g/mol. The molecule has 0 unspecified atom stereocenters. The minimum Gasteiger partial charge on any atom is -0.361 e. The van der Waals surface area contributed by atoms with E-state index in [1.165, 1.54) is 4.68 Å². The van der Waals surface area contributed by atoms with Gasteiger partial charge in [-0.3, -0.25) is 4.68 Å². The number of aromatic nitrogens is 2. The van der Waals surface area contributed by atoms with E-state index in [-0.39, 0.29) is 11.6 Å². The number of anilines is 1. The van der Waals surface area contributed by atoms with Gasteiger partial charge in [0, 0.05) is 25.6 Å². The zero-order valence-corrected chi connectivity index (χ0v) is 11.5. The molecule has 0 saturated heterocycles. The Morgan fingerprint density at radius 3 is 2.44 bits per heavy atom. The molecule has 1 aromatic rings. The molecule has 0 aliphatic heterocycles. The molecule has 0 N–H and O–H groups in total. The minimum absolute atomic E-state index is 0.0171. The van der Waals surface area contributed by atoms with Crippen LogP contribution in [-0.2, 0) is 11.5 Å². The number of alkyl halides is 2. The number of rotatable bonds is 1. The molecule has 0 amide bonds. The van der Waals surface area contributed by atoms with E-state index in [1.807, 2.05) is 39.8 Å². The van der Waals surface area contributed by atoms with Gasteiger partial charge in [0.05, 0.1) is 5.54 Å². The second-order valence-electron chi connectivity index (χ2n) is 6.63. The van der Waals surface area contributed by atoms with Crippen molar-refractivity contribution in [3.8, 4) is 0 Å². The van der Waals surface area contributed by atoms with Crippen LogP contribution in [0.25, 0.3) is 0 Å². The summed E-state index contributed by atoms with van der Waals surface area (Å²) in [5, 5.41) is 4.44. The monoisotopic (exact) mass is 255 g/mol. The molecule has 1 heterocycles. The third-order valence-corrected chi connectivity index (χ3v) is 3.90. The summed E-state index contributed by atoms with van der Waals surface area (Å²) >= 11 is 0. The van der Waals surface area contributed by atoms with Crippen LogP contribution in [0.2, 0.25) is 0 Å². The van der Waals surface area contributed by atoms with E-state index >= 15 is 0 Å². The summed E-state index contributed by atoms with van der Waals surface area (Å²) in [4.78, 5) is 1.85. The number of hydrogen-bond donors (Lipinski definition) is 0. The van der Waals surface area contributed by atoms with Crippen molar-refractivity contribution in [2.24, 2.45) is 5.92 Å². The SMILES string of the molecule is CN(C)c1nn(C(C)(C)C)c2c1[C@H]1C[C@H]1C2(F)F. The summed E-state index contributed by atoms with van der Waals surface area (Å²) in [5.41, 5.74) is 0.517. The van der Waals surface area contributed by atoms with E-state index in [1.54, 1.807) is 0 Å². The van der Waals surface area contributed by atoms with E-state index < -0.39 is 17.4 Å². The van der Waals surface area contributed by atoms with Crippen LogP contribution in [-0.4, -0.2) is 23.9 Å². The van der Waals surface area contributed by atoms with Crippen LogP contribution in [0.5, 0.6) is 0 Å². The van der Waals surface area contributed by atoms with Gasteiger partial charge in [0.15, 0.2) is 5.82 Å². The van der Waals surface area contributed by atoms with Gasteiger partial charge in [0.2, 0.25) is 0 Å². The average molecular weight is 255 g/mol. The third kappa shape index (κ3) is 1.30. The lowest BCUT2D eigenvalue weighted by Crippen LogP contribution is -2.30. The number of halogens is 2. The summed E-state index contributed by atoms with van der Waals surface area (Å²) in [6.07, 6.45) is 0.608. The third-order valence-electron chi connectivity index (χ3n) is 3.90. The Labute approximate surface area is 106 Å². The van der Waals surface area contributed by atoms with Crippen molar-refractivity contribution >= 4 is 5.82 Å². The summed E-state index contributed by atoms with van der Waals surface area (Å²) in [6.45, 7) is 5.75. The molecule has 1 saturated carbocycles. The Balaban J connectivity index is 2.26. The largest absolute Gasteiger partial charge is 0.361 e. The maximum atomic E-state index is 14.4. The van der Waals surface area contributed by atoms with Crippen LogP contribution in [0.3, 0.4) is 0 Å². The van der Waals surface area contributed by atoms with Gasteiger partial charge >= 0.3 is 0 Å². The average Bonchev–Trinajstić information content (AvgIpc) is 2.82. The number of nitrogens with zero attached hydrogens (tertiary/aromatic N) is 3. The first-order chi connectivity index (χ1) is 8.15. The Morgan fingerprint density at radius 1 is 1.33 bits per heavy atom. The lowest BCUT2D eigenvalue weighted by atomic mass is 10.1. The van der Waals surface area contributed by atoms with E-state index in [0.717, 1.165) is 5.56 Å². The predicted octanol–water partition coefficient (Wildman–Crippen LogP) is 2.91. The Kier molecular flexibility index (Phi) is 2.03. The zero-order chi connectivity index (χ0) is 13.5. The summed E-state index contributed by atoms with van der Waals surface area (Å²) < 4.78 is 30.3. The molecule has 3 rings (SSSR count). The lowest BCUT2D eigenvalue weighted by molar-refractivity contribution is -0.0342. The van der Waals surface area contributed by atoms with Gasteiger partial charge < -0.3 is 4.90 Å². The molecule has 100 valence electrons. The highest BCUT2D eigenvalue weighted by molar-refractivity contribution is 5.58. The molecule has 1 fully saturated rings. The lowest BCUT2D eigenvalue weighted by Gasteiger charge is -2.25. The molecule has 1 aromatic heterocycles. The first-order valence-electron chi connectivity index (χ1n) is 6.34. The summed E-state index contributed by atoms with van der Waals surface area (Å²) in [5.74, 6) is -2.47. The van der Waals surface area contributed by atoms with Gasteiger partial charge in [-0.1, -0.05) is 0 Å². The van der Waals surface area contributed by atoms with Gasteiger partial charge in [-0.25, -0.2) is 0 Å². The van der Waals surface area contributed by atoms with E-state index in [4.69, 9.17) is 0 Å². The molecule has 2 aliphatic carbocycles. The van der Waals surface area contributed by atoms with Gasteiger partial charge in [-0.05, 0) is 33.1 Å². The van der Waals surface area contributed by atoms with Crippen molar-refractivity contribution in [3.63, 3.8) is 0 Å². The second kappa shape index (κ2) is 3.06. The fourth-order valence-corrected chi connectivity index (χ4v) is 2.99. The standard InChI is InChI=1S/C13H19F2N3/c1-12(2,3)18-10-9(11(16-18)17(4)5)7-6-8(7)13(10,14)15/h7-8H,6H2,1-5H3/t7-,8+/m0/s1. The van der Waals surface area contributed by atoms with Crippen molar-refractivity contribution in [2.45, 2.75) is 44.6 Å². The van der Waals surface area contributed by atoms with Gasteiger partial charge in [0.25, 0.3) is 5.92 Å². The van der Waals surface area contributed by atoms with Crippen molar-refractivity contribution in [1.82, 2.24) is 9.78 Å². The maximum Gasteiger partial charge on any atom is 0.293 e. The van der Waals surface area contributed by atoms with Crippen molar-refractivity contribution in [3.05, 3.63) is 11.3 Å². The molecule has 2 aliphatic rings. The highest BCUT2D eigenvalue weighted by atomic mass is 19.3. The van der Waals surface area contributed by atoms with Crippen LogP contribution in [0, 0.1) is 5.92 Å². The molecule has 0 aromatic carbocycles.